The van der Waals surface area contributed by atoms with E-state index in [1.807, 2.05) is 42.5 Å². The lowest BCUT2D eigenvalue weighted by atomic mass is 9.90. The minimum absolute atomic E-state index is 0.0899. The van der Waals surface area contributed by atoms with Crippen molar-refractivity contribution in [2.24, 2.45) is 11.7 Å². The Morgan fingerprint density at radius 1 is 1.16 bits per heavy atom. The summed E-state index contributed by atoms with van der Waals surface area (Å²) in [7, 11) is 0. The first-order valence-corrected chi connectivity index (χ1v) is 9.55. The first-order chi connectivity index (χ1) is 12.1. The lowest BCUT2D eigenvalue weighted by molar-refractivity contribution is 0.102. The van der Waals surface area contributed by atoms with Crippen LogP contribution in [0.2, 0.25) is 0 Å². The Bertz CT molecular complexity index is 748. The van der Waals surface area contributed by atoms with E-state index in [9.17, 15) is 4.79 Å². The topological polar surface area (TPSA) is 79.0 Å². The lowest BCUT2D eigenvalue weighted by Crippen LogP contribution is -2.14. The van der Waals surface area contributed by atoms with Crippen LogP contribution in [0.4, 0.5) is 5.69 Å². The second-order valence-electron chi connectivity index (χ2n) is 6.42. The van der Waals surface area contributed by atoms with Gasteiger partial charge in [0.2, 0.25) is 0 Å². The summed E-state index contributed by atoms with van der Waals surface area (Å²) in [6.45, 7) is 0. The van der Waals surface area contributed by atoms with Crippen molar-refractivity contribution < 1.29 is 4.79 Å². The summed E-state index contributed by atoms with van der Waals surface area (Å²) in [6, 6.07) is 17.4. The summed E-state index contributed by atoms with van der Waals surface area (Å²) in [6.07, 6.45) is 3.53. The Balaban J connectivity index is 1.70. The van der Waals surface area contributed by atoms with Crippen molar-refractivity contribution in [2.75, 3.05) is 11.1 Å². The number of thioether (sulfide) groups is 1. The maximum absolute atomic E-state index is 12.3. The van der Waals surface area contributed by atoms with Crippen molar-refractivity contribution in [1.29, 1.82) is 5.41 Å². The predicted octanol–water partition coefficient (Wildman–Crippen LogP) is 4.45. The molecule has 0 saturated heterocycles. The highest BCUT2D eigenvalue weighted by Crippen LogP contribution is 2.41. The maximum Gasteiger partial charge on any atom is 0.255 e. The molecule has 1 aliphatic rings. The molecule has 3 rings (SSSR count). The third-order valence-corrected chi connectivity index (χ3v) is 5.63. The fraction of sp³-hybridized carbons (Fsp3) is 0.300. The molecule has 2 aromatic carbocycles. The van der Waals surface area contributed by atoms with Gasteiger partial charge in [-0.2, -0.15) is 0 Å². The number of hydrogen-bond donors (Lipinski definition) is 3. The van der Waals surface area contributed by atoms with E-state index in [4.69, 9.17) is 11.1 Å². The van der Waals surface area contributed by atoms with E-state index in [1.165, 1.54) is 30.2 Å². The van der Waals surface area contributed by atoms with E-state index in [0.717, 1.165) is 17.9 Å². The van der Waals surface area contributed by atoms with Gasteiger partial charge in [-0.25, -0.2) is 0 Å². The summed E-state index contributed by atoms with van der Waals surface area (Å²) in [4.78, 5) is 12.3. The van der Waals surface area contributed by atoms with Gasteiger partial charge < -0.3 is 11.1 Å². The molecule has 0 bridgehead atoms. The van der Waals surface area contributed by atoms with Crippen LogP contribution in [0.1, 0.15) is 41.1 Å². The summed E-state index contributed by atoms with van der Waals surface area (Å²) in [5.41, 5.74) is 8.24. The van der Waals surface area contributed by atoms with Gasteiger partial charge in [0.25, 0.3) is 5.91 Å². The van der Waals surface area contributed by atoms with E-state index in [2.05, 4.69) is 17.4 Å². The van der Waals surface area contributed by atoms with Crippen LogP contribution in [0.15, 0.2) is 54.6 Å². The molecular weight excluding hydrogens is 330 g/mol. The normalized spacial score (nSPS) is 19.5. The van der Waals surface area contributed by atoms with E-state index in [-0.39, 0.29) is 11.1 Å². The van der Waals surface area contributed by atoms with Crippen LogP contribution >= 0.6 is 11.8 Å². The Morgan fingerprint density at radius 3 is 2.72 bits per heavy atom. The van der Waals surface area contributed by atoms with Gasteiger partial charge in [0.05, 0.1) is 0 Å². The number of anilines is 1. The van der Waals surface area contributed by atoms with Crippen molar-refractivity contribution in [3.63, 3.8) is 0 Å². The number of amidine groups is 1. The van der Waals surface area contributed by atoms with E-state index < -0.39 is 0 Å². The minimum Gasteiger partial charge on any atom is -0.379 e. The van der Waals surface area contributed by atoms with Gasteiger partial charge in [0.15, 0.2) is 5.17 Å². The van der Waals surface area contributed by atoms with Crippen LogP contribution in [0.3, 0.4) is 0 Å². The molecule has 4 N–H and O–H groups in total. The third-order valence-electron chi connectivity index (χ3n) is 4.72. The number of nitrogens with one attached hydrogen (secondary N) is 2. The smallest absolute Gasteiger partial charge is 0.255 e. The zero-order chi connectivity index (χ0) is 17.6. The molecule has 2 aromatic rings. The summed E-state index contributed by atoms with van der Waals surface area (Å²) in [5.74, 6) is 1.81. The molecule has 0 spiro atoms. The Labute approximate surface area is 152 Å². The van der Waals surface area contributed by atoms with E-state index in [1.54, 1.807) is 0 Å². The fourth-order valence-corrected chi connectivity index (χ4v) is 4.30. The number of rotatable bonds is 5. The predicted molar refractivity (Wildman–Crippen MR) is 105 cm³/mol. The molecule has 4 nitrogen and oxygen atoms in total. The van der Waals surface area contributed by atoms with Gasteiger partial charge in [-0.3, -0.25) is 10.2 Å². The SMILES string of the molecule is N=C(N)SCC1CCCC1c1cccc(NC(=O)c2ccccc2)c1. The molecule has 2 atom stereocenters. The van der Waals surface area contributed by atoms with Crippen LogP contribution < -0.4 is 11.1 Å². The number of benzene rings is 2. The van der Waals surface area contributed by atoms with Crippen LogP contribution in [-0.2, 0) is 0 Å². The summed E-state index contributed by atoms with van der Waals surface area (Å²) in [5, 5.41) is 10.6. The Kier molecular flexibility index (Phi) is 5.76. The molecule has 2 unspecified atom stereocenters. The van der Waals surface area contributed by atoms with Crippen molar-refractivity contribution in [2.45, 2.75) is 25.2 Å². The van der Waals surface area contributed by atoms with Crippen LogP contribution in [-0.4, -0.2) is 16.8 Å². The molecule has 1 fully saturated rings. The first kappa shape index (κ1) is 17.5. The van der Waals surface area contributed by atoms with Gasteiger partial charge >= 0.3 is 0 Å². The van der Waals surface area contributed by atoms with Gasteiger partial charge in [-0.15, -0.1) is 0 Å². The molecule has 0 aliphatic heterocycles. The Morgan fingerprint density at radius 2 is 1.96 bits per heavy atom. The quantitative estimate of drug-likeness (QED) is 0.549. The van der Waals surface area contributed by atoms with Crippen molar-refractivity contribution in [3.05, 3.63) is 65.7 Å². The molecular formula is C20H23N3OS. The number of nitrogens with two attached hydrogens (primary N) is 1. The van der Waals surface area contributed by atoms with Crippen molar-refractivity contribution >= 4 is 28.5 Å². The third kappa shape index (κ3) is 4.63. The maximum atomic E-state index is 12.3. The molecule has 1 amide bonds. The zero-order valence-electron chi connectivity index (χ0n) is 14.1. The minimum atomic E-state index is -0.0899. The van der Waals surface area contributed by atoms with E-state index in [0.29, 0.717) is 17.4 Å². The molecule has 25 heavy (non-hydrogen) atoms. The molecule has 0 heterocycles. The molecule has 1 saturated carbocycles. The Hall–Kier alpha value is -2.27. The highest BCUT2D eigenvalue weighted by molar-refractivity contribution is 8.13. The zero-order valence-corrected chi connectivity index (χ0v) is 14.9. The average Bonchev–Trinajstić information content (AvgIpc) is 3.09. The van der Waals surface area contributed by atoms with Gasteiger partial charge in [0.1, 0.15) is 0 Å². The molecule has 0 aromatic heterocycles. The van der Waals surface area contributed by atoms with Crippen LogP contribution in [0.5, 0.6) is 0 Å². The van der Waals surface area contributed by atoms with Crippen molar-refractivity contribution in [1.82, 2.24) is 0 Å². The number of carbonyl (C=O) groups excluding carboxylic acids is 1. The van der Waals surface area contributed by atoms with Crippen LogP contribution in [0, 0.1) is 11.3 Å². The van der Waals surface area contributed by atoms with Crippen molar-refractivity contribution in [3.8, 4) is 0 Å². The molecule has 1 aliphatic carbocycles. The molecule has 5 heteroatoms. The number of carbonyl (C=O) groups is 1. The van der Waals surface area contributed by atoms with Crippen LogP contribution in [0.25, 0.3) is 0 Å². The molecule has 0 radical (unpaired) electrons. The lowest BCUT2D eigenvalue weighted by Gasteiger charge is -2.20. The summed E-state index contributed by atoms with van der Waals surface area (Å²) < 4.78 is 0. The monoisotopic (exact) mass is 353 g/mol. The first-order valence-electron chi connectivity index (χ1n) is 8.56. The second kappa shape index (κ2) is 8.21. The summed E-state index contributed by atoms with van der Waals surface area (Å²) >= 11 is 1.43. The number of amides is 1. The standard InChI is InChI=1S/C20H23N3OS/c21-20(22)25-13-16-9-5-11-18(16)15-8-4-10-17(12-15)23-19(24)14-6-2-1-3-7-14/h1-4,6-8,10,12,16,18H,5,9,11,13H2,(H3,21,22)(H,23,24). The average molecular weight is 353 g/mol. The van der Waals surface area contributed by atoms with Gasteiger partial charge in [-0.05, 0) is 54.5 Å². The highest BCUT2D eigenvalue weighted by Gasteiger charge is 2.28. The van der Waals surface area contributed by atoms with Gasteiger partial charge in [0, 0.05) is 17.0 Å². The second-order valence-corrected chi connectivity index (χ2v) is 7.48. The largest absolute Gasteiger partial charge is 0.379 e. The van der Waals surface area contributed by atoms with Gasteiger partial charge in [-0.1, -0.05) is 48.5 Å². The van der Waals surface area contributed by atoms with E-state index >= 15 is 0 Å². The highest BCUT2D eigenvalue weighted by atomic mass is 32.2. The number of hydrogen-bond acceptors (Lipinski definition) is 3. The fourth-order valence-electron chi connectivity index (χ4n) is 3.51. The molecule has 130 valence electrons.